The standard InChI is InChI=1S/C56H41N/c1-55(2)49-28-16-14-26-46(49)48-37-44(34-35-50(48)55)57(43-32-30-39(31-33-43)38-18-6-3-7-19-38)52-36-40-20-12-13-25-45(40)54-53(52)47-27-15-17-29-51(47)56(54,41-21-8-4-9-22-41)42-23-10-5-11-24-42/h3-37H,1-2H3. The van der Waals surface area contributed by atoms with Crippen molar-refractivity contribution in [3.63, 3.8) is 0 Å². The number of rotatable bonds is 6. The van der Waals surface area contributed by atoms with E-state index in [4.69, 9.17) is 0 Å². The van der Waals surface area contributed by atoms with Crippen LogP contribution in [0.3, 0.4) is 0 Å². The van der Waals surface area contributed by atoms with Gasteiger partial charge in [0.15, 0.2) is 0 Å². The first-order valence-electron chi connectivity index (χ1n) is 20.0. The third-order valence-electron chi connectivity index (χ3n) is 12.7. The monoisotopic (exact) mass is 727 g/mol. The van der Waals surface area contributed by atoms with Crippen LogP contribution in [0.2, 0.25) is 0 Å². The molecule has 57 heavy (non-hydrogen) atoms. The summed E-state index contributed by atoms with van der Waals surface area (Å²) in [5.41, 5.74) is 18.3. The van der Waals surface area contributed by atoms with Crippen molar-refractivity contribution in [2.75, 3.05) is 4.90 Å². The molecule has 0 saturated heterocycles. The molecular formula is C56H41N. The van der Waals surface area contributed by atoms with Gasteiger partial charge in [0.05, 0.1) is 11.1 Å². The summed E-state index contributed by atoms with van der Waals surface area (Å²) >= 11 is 0. The van der Waals surface area contributed by atoms with Gasteiger partial charge in [0.25, 0.3) is 0 Å². The average molecular weight is 728 g/mol. The number of hydrogen-bond donors (Lipinski definition) is 0. The van der Waals surface area contributed by atoms with Gasteiger partial charge in [0, 0.05) is 22.4 Å². The predicted octanol–water partition coefficient (Wildman–Crippen LogP) is 14.6. The molecule has 0 heterocycles. The fraction of sp³-hybridized carbons (Fsp3) is 0.0714. The number of benzene rings is 9. The predicted molar refractivity (Wildman–Crippen MR) is 239 cm³/mol. The van der Waals surface area contributed by atoms with Gasteiger partial charge >= 0.3 is 0 Å². The molecule has 1 heteroatoms. The van der Waals surface area contributed by atoms with Gasteiger partial charge in [-0.15, -0.1) is 0 Å². The van der Waals surface area contributed by atoms with Crippen LogP contribution >= 0.6 is 0 Å². The molecule has 0 atom stereocenters. The van der Waals surface area contributed by atoms with E-state index in [-0.39, 0.29) is 5.41 Å². The Morgan fingerprint density at radius 3 is 1.61 bits per heavy atom. The third kappa shape index (κ3) is 4.89. The number of nitrogens with zero attached hydrogens (tertiary/aromatic N) is 1. The Balaban J connectivity index is 1.25. The Labute approximate surface area is 335 Å². The summed E-state index contributed by atoms with van der Waals surface area (Å²) in [4.78, 5) is 2.52. The minimum absolute atomic E-state index is 0.0826. The van der Waals surface area contributed by atoms with Crippen molar-refractivity contribution in [3.8, 4) is 33.4 Å². The minimum atomic E-state index is -0.548. The highest BCUT2D eigenvalue weighted by Crippen LogP contribution is 2.62. The lowest BCUT2D eigenvalue weighted by molar-refractivity contribution is 0.660. The maximum absolute atomic E-state index is 2.52. The quantitative estimate of drug-likeness (QED) is 0.165. The normalized spacial score (nSPS) is 14.1. The Morgan fingerprint density at radius 2 is 0.912 bits per heavy atom. The van der Waals surface area contributed by atoms with Crippen LogP contribution in [0.25, 0.3) is 44.2 Å². The molecule has 0 N–H and O–H groups in total. The third-order valence-corrected chi connectivity index (χ3v) is 12.7. The van der Waals surface area contributed by atoms with E-state index in [0.29, 0.717) is 0 Å². The van der Waals surface area contributed by atoms with Crippen LogP contribution in [0.4, 0.5) is 17.1 Å². The molecule has 1 nitrogen and oxygen atoms in total. The van der Waals surface area contributed by atoms with Gasteiger partial charge in [-0.05, 0) is 102 Å². The van der Waals surface area contributed by atoms with Crippen LogP contribution in [0, 0.1) is 0 Å². The fourth-order valence-electron chi connectivity index (χ4n) is 10.2. The van der Waals surface area contributed by atoms with Gasteiger partial charge in [-0.3, -0.25) is 0 Å². The Hall–Kier alpha value is -6.96. The molecule has 2 aliphatic rings. The van der Waals surface area contributed by atoms with Crippen LogP contribution in [-0.2, 0) is 10.8 Å². The summed E-state index contributed by atoms with van der Waals surface area (Å²) in [6, 6.07) is 78.8. The van der Waals surface area contributed by atoms with Gasteiger partial charge in [-0.2, -0.15) is 0 Å². The summed E-state index contributed by atoms with van der Waals surface area (Å²) < 4.78 is 0. The molecule has 0 spiro atoms. The molecule has 0 bridgehead atoms. The van der Waals surface area contributed by atoms with E-state index in [2.05, 4.69) is 231 Å². The van der Waals surface area contributed by atoms with E-state index < -0.39 is 5.41 Å². The van der Waals surface area contributed by atoms with Crippen molar-refractivity contribution in [1.29, 1.82) is 0 Å². The fourth-order valence-corrected chi connectivity index (χ4v) is 10.2. The second-order valence-corrected chi connectivity index (χ2v) is 16.0. The molecule has 2 aliphatic carbocycles. The largest absolute Gasteiger partial charge is 0.310 e. The zero-order valence-electron chi connectivity index (χ0n) is 32.2. The van der Waals surface area contributed by atoms with Crippen LogP contribution < -0.4 is 4.90 Å². The van der Waals surface area contributed by atoms with Gasteiger partial charge in [-0.25, -0.2) is 0 Å². The highest BCUT2D eigenvalue weighted by molar-refractivity contribution is 6.08. The Kier molecular flexibility index (Phi) is 7.50. The maximum Gasteiger partial charge on any atom is 0.0720 e. The van der Waals surface area contributed by atoms with Gasteiger partial charge < -0.3 is 4.90 Å². The molecule has 0 aliphatic heterocycles. The summed E-state index contributed by atoms with van der Waals surface area (Å²) in [6.07, 6.45) is 0. The van der Waals surface area contributed by atoms with Crippen LogP contribution in [0.1, 0.15) is 47.2 Å². The van der Waals surface area contributed by atoms with E-state index in [1.165, 1.54) is 83.2 Å². The Bertz CT molecular complexity index is 2920. The lowest BCUT2D eigenvalue weighted by Crippen LogP contribution is -2.29. The first-order chi connectivity index (χ1) is 28.0. The second kappa shape index (κ2) is 12.8. The van der Waals surface area contributed by atoms with Crippen molar-refractivity contribution in [1.82, 2.24) is 0 Å². The molecule has 0 fully saturated rings. The zero-order chi connectivity index (χ0) is 38.1. The van der Waals surface area contributed by atoms with Crippen LogP contribution in [-0.4, -0.2) is 0 Å². The van der Waals surface area contributed by atoms with Crippen molar-refractivity contribution in [3.05, 3.63) is 246 Å². The summed E-state index contributed by atoms with van der Waals surface area (Å²) in [5, 5.41) is 2.48. The summed E-state index contributed by atoms with van der Waals surface area (Å²) in [5.74, 6) is 0. The van der Waals surface area contributed by atoms with E-state index in [1.807, 2.05) is 0 Å². The molecule has 11 rings (SSSR count). The number of hydrogen-bond acceptors (Lipinski definition) is 1. The van der Waals surface area contributed by atoms with Crippen molar-refractivity contribution in [2.24, 2.45) is 0 Å². The van der Waals surface area contributed by atoms with Crippen molar-refractivity contribution in [2.45, 2.75) is 24.7 Å². The van der Waals surface area contributed by atoms with E-state index >= 15 is 0 Å². The molecule has 9 aromatic rings. The van der Waals surface area contributed by atoms with Gasteiger partial charge in [0.1, 0.15) is 0 Å². The number of fused-ring (bicyclic) bond motifs is 8. The summed E-state index contributed by atoms with van der Waals surface area (Å²) in [7, 11) is 0. The highest BCUT2D eigenvalue weighted by atomic mass is 15.1. The SMILES string of the molecule is CC1(C)c2ccccc2-c2cc(N(c3ccc(-c4ccccc4)cc3)c3cc4ccccc4c4c3-c3ccccc3C4(c3ccccc3)c3ccccc3)ccc21. The topological polar surface area (TPSA) is 3.24 Å². The molecule has 9 aromatic carbocycles. The molecule has 0 aromatic heterocycles. The van der Waals surface area contributed by atoms with Gasteiger partial charge in [0.2, 0.25) is 0 Å². The molecule has 0 unspecified atom stereocenters. The summed E-state index contributed by atoms with van der Waals surface area (Å²) in [6.45, 7) is 4.72. The van der Waals surface area contributed by atoms with E-state index in [9.17, 15) is 0 Å². The molecule has 0 saturated carbocycles. The van der Waals surface area contributed by atoms with E-state index in [0.717, 1.165) is 11.4 Å². The molecule has 0 amide bonds. The van der Waals surface area contributed by atoms with Crippen molar-refractivity contribution >= 4 is 27.8 Å². The average Bonchev–Trinajstić information content (AvgIpc) is 3.71. The highest BCUT2D eigenvalue weighted by Gasteiger charge is 2.48. The smallest absolute Gasteiger partial charge is 0.0720 e. The van der Waals surface area contributed by atoms with E-state index in [1.54, 1.807) is 0 Å². The first kappa shape index (κ1) is 33.4. The lowest BCUT2D eigenvalue weighted by atomic mass is 9.66. The molecule has 270 valence electrons. The Morgan fingerprint density at radius 1 is 0.386 bits per heavy atom. The number of anilines is 3. The van der Waals surface area contributed by atoms with Gasteiger partial charge in [-0.1, -0.05) is 196 Å². The lowest BCUT2D eigenvalue weighted by Gasteiger charge is -2.35. The van der Waals surface area contributed by atoms with Crippen LogP contribution in [0.15, 0.2) is 212 Å². The van der Waals surface area contributed by atoms with Crippen LogP contribution in [0.5, 0.6) is 0 Å². The van der Waals surface area contributed by atoms with Crippen molar-refractivity contribution < 1.29 is 0 Å². The zero-order valence-corrected chi connectivity index (χ0v) is 32.2. The molecule has 0 radical (unpaired) electrons. The molecular weight excluding hydrogens is 687 g/mol. The second-order valence-electron chi connectivity index (χ2n) is 16.0. The first-order valence-corrected chi connectivity index (χ1v) is 20.0. The minimum Gasteiger partial charge on any atom is -0.310 e. The maximum atomic E-state index is 2.52.